The molecule has 1 spiro atoms. The molecule has 2 aromatic carbocycles. The van der Waals surface area contributed by atoms with E-state index in [4.69, 9.17) is 21.1 Å². The fourth-order valence-electron chi connectivity index (χ4n) is 7.28. The third-order valence-corrected chi connectivity index (χ3v) is 9.49. The van der Waals surface area contributed by atoms with Gasteiger partial charge in [0, 0.05) is 18.8 Å². The molecular formula is C33H36ClN3O6. The van der Waals surface area contributed by atoms with E-state index in [1.807, 2.05) is 63.3 Å². The summed E-state index contributed by atoms with van der Waals surface area (Å²) in [4.78, 5) is 48.4. The summed E-state index contributed by atoms with van der Waals surface area (Å²) in [7, 11) is 0. The number of hydrogen-bond acceptors (Lipinski definition) is 6. The number of anilines is 2. The Balaban J connectivity index is 1.46. The largest absolute Gasteiger partial charge is 0.494 e. The van der Waals surface area contributed by atoms with Crippen molar-refractivity contribution in [1.82, 2.24) is 4.90 Å². The minimum atomic E-state index is -1.44. The number of halogens is 1. The predicted molar refractivity (Wildman–Crippen MR) is 163 cm³/mol. The van der Waals surface area contributed by atoms with Crippen LogP contribution in [-0.4, -0.2) is 77.3 Å². The molecule has 6 rings (SSSR count). The lowest BCUT2D eigenvalue weighted by Crippen LogP contribution is -2.58. The van der Waals surface area contributed by atoms with Crippen molar-refractivity contribution in [2.75, 3.05) is 36.1 Å². The Morgan fingerprint density at radius 1 is 0.953 bits per heavy atom. The van der Waals surface area contributed by atoms with Gasteiger partial charge in [-0.15, -0.1) is 0 Å². The van der Waals surface area contributed by atoms with Gasteiger partial charge in [0.25, 0.3) is 5.91 Å². The lowest BCUT2D eigenvalue weighted by Gasteiger charge is -2.40. The molecule has 3 amide bonds. The zero-order valence-corrected chi connectivity index (χ0v) is 25.2. The van der Waals surface area contributed by atoms with E-state index in [1.54, 1.807) is 40.1 Å². The summed E-state index contributed by atoms with van der Waals surface area (Å²) >= 11 is 6.53. The molecule has 4 heterocycles. The fraction of sp³-hybridized carbons (Fsp3) is 0.424. The topological polar surface area (TPSA) is 99.6 Å². The smallest absolute Gasteiger partial charge is 0.253 e. The Hall–Kier alpha value is -3.66. The number of aliphatic hydroxyl groups excluding tert-OH is 1. The zero-order valence-electron chi connectivity index (χ0n) is 24.5. The van der Waals surface area contributed by atoms with Crippen LogP contribution in [0.3, 0.4) is 0 Å². The van der Waals surface area contributed by atoms with Gasteiger partial charge in [0.05, 0.1) is 47.4 Å². The molecule has 226 valence electrons. The van der Waals surface area contributed by atoms with Crippen LogP contribution in [0.4, 0.5) is 11.4 Å². The Bertz CT molecular complexity index is 1490. The van der Waals surface area contributed by atoms with E-state index in [-0.39, 0.29) is 30.9 Å². The van der Waals surface area contributed by atoms with Crippen molar-refractivity contribution >= 4 is 40.7 Å². The number of likely N-dealkylation sites (tertiary alicyclic amines) is 1. The summed E-state index contributed by atoms with van der Waals surface area (Å²) in [6, 6.07) is 12.6. The normalized spacial score (nSPS) is 30.6. The number of fused-ring (bicyclic) bond motifs is 2. The number of carbonyl (C=O) groups excluding carboxylic acids is 3. The van der Waals surface area contributed by atoms with Gasteiger partial charge in [0.15, 0.2) is 0 Å². The average Bonchev–Trinajstić information content (AvgIpc) is 3.27. The van der Waals surface area contributed by atoms with Gasteiger partial charge >= 0.3 is 0 Å². The van der Waals surface area contributed by atoms with Crippen molar-refractivity contribution in [3.63, 3.8) is 0 Å². The first-order chi connectivity index (χ1) is 20.7. The van der Waals surface area contributed by atoms with Crippen LogP contribution in [0.5, 0.6) is 5.75 Å². The Kier molecular flexibility index (Phi) is 7.61. The number of carbonyl (C=O) groups is 3. The van der Waals surface area contributed by atoms with Gasteiger partial charge in [-0.2, -0.15) is 0 Å². The second-order valence-electron chi connectivity index (χ2n) is 11.6. The third kappa shape index (κ3) is 4.48. The molecule has 6 atom stereocenters. The lowest BCUT2D eigenvalue weighted by molar-refractivity contribution is -0.148. The van der Waals surface area contributed by atoms with Crippen LogP contribution in [0.15, 0.2) is 72.8 Å². The van der Waals surface area contributed by atoms with E-state index >= 15 is 0 Å². The molecule has 0 aromatic heterocycles. The summed E-state index contributed by atoms with van der Waals surface area (Å²) in [5, 5.41) is 10.8. The van der Waals surface area contributed by atoms with E-state index in [1.165, 1.54) is 4.90 Å². The number of hydrogen-bond donors (Lipinski definition) is 1. The van der Waals surface area contributed by atoms with Crippen molar-refractivity contribution in [3.8, 4) is 5.75 Å². The summed E-state index contributed by atoms with van der Waals surface area (Å²) in [6.07, 6.45) is 7.76. The maximum Gasteiger partial charge on any atom is 0.253 e. The second-order valence-corrected chi connectivity index (χ2v) is 12.0. The summed E-state index contributed by atoms with van der Waals surface area (Å²) in [5.41, 5.74) is -1.41. The van der Waals surface area contributed by atoms with Crippen molar-refractivity contribution in [2.45, 2.75) is 50.5 Å². The van der Waals surface area contributed by atoms with Crippen LogP contribution in [-0.2, 0) is 19.1 Å². The van der Waals surface area contributed by atoms with E-state index in [9.17, 15) is 19.5 Å². The molecule has 2 aromatic rings. The minimum Gasteiger partial charge on any atom is -0.494 e. The van der Waals surface area contributed by atoms with Crippen molar-refractivity contribution < 1.29 is 29.0 Å². The average molecular weight is 606 g/mol. The maximum atomic E-state index is 14.6. The first kappa shape index (κ1) is 29.4. The van der Waals surface area contributed by atoms with E-state index in [0.717, 1.165) is 0 Å². The molecule has 9 nitrogen and oxygen atoms in total. The minimum absolute atomic E-state index is 0.207. The van der Waals surface area contributed by atoms with Crippen LogP contribution in [0, 0.1) is 11.8 Å². The van der Waals surface area contributed by atoms with Gasteiger partial charge in [0.1, 0.15) is 17.4 Å². The number of para-hydroxylation sites is 1. The number of nitrogens with zero attached hydrogens (tertiary/aromatic N) is 3. The molecule has 0 bridgehead atoms. The van der Waals surface area contributed by atoms with Crippen LogP contribution in [0.2, 0.25) is 5.02 Å². The highest BCUT2D eigenvalue weighted by atomic mass is 35.5. The van der Waals surface area contributed by atoms with Crippen molar-refractivity contribution in [1.29, 1.82) is 0 Å². The zero-order chi connectivity index (χ0) is 30.5. The molecule has 1 unspecified atom stereocenters. The fourth-order valence-corrected chi connectivity index (χ4v) is 7.51. The van der Waals surface area contributed by atoms with Crippen LogP contribution in [0.25, 0.3) is 0 Å². The van der Waals surface area contributed by atoms with Gasteiger partial charge in [-0.3, -0.25) is 14.4 Å². The Morgan fingerprint density at radius 3 is 2.33 bits per heavy atom. The maximum absolute atomic E-state index is 14.6. The molecule has 2 saturated heterocycles. The van der Waals surface area contributed by atoms with Crippen LogP contribution in [0.1, 0.15) is 27.2 Å². The molecular weight excluding hydrogens is 570 g/mol. The Labute approximate surface area is 256 Å². The van der Waals surface area contributed by atoms with Gasteiger partial charge in [-0.05, 0) is 56.7 Å². The van der Waals surface area contributed by atoms with Gasteiger partial charge in [0.2, 0.25) is 11.8 Å². The molecule has 4 aliphatic rings. The monoisotopic (exact) mass is 605 g/mol. The number of rotatable bonds is 7. The lowest BCUT2D eigenvalue weighted by atomic mass is 9.74. The van der Waals surface area contributed by atoms with Gasteiger partial charge in [-0.1, -0.05) is 55.0 Å². The van der Waals surface area contributed by atoms with E-state index < -0.39 is 35.1 Å². The quantitative estimate of drug-likeness (QED) is 0.479. The van der Waals surface area contributed by atoms with Crippen molar-refractivity contribution in [3.05, 3.63) is 77.9 Å². The van der Waals surface area contributed by atoms with Crippen molar-refractivity contribution in [2.24, 2.45) is 11.8 Å². The standard InChI is InChI=1S/C33H36ClN3O6/c1-4-21(20-38)37-28-31(41)36(25-11-7-6-10-24(25)34)19-9-17-33(28)27(30(37)40)26-29(39)35(18-8-16-32(26,3)43-33)22-12-14-23(15-13-22)42-5-2/h6-17,21,26-28,38H,4-5,18-20H2,1-3H3/t21-,26+,27-,28?,32-,33-/m0/s1. The van der Waals surface area contributed by atoms with Crippen LogP contribution >= 0.6 is 11.6 Å². The van der Waals surface area contributed by atoms with Gasteiger partial charge in [-0.25, -0.2) is 0 Å². The molecule has 0 aliphatic carbocycles. The van der Waals surface area contributed by atoms with Crippen LogP contribution < -0.4 is 14.5 Å². The molecule has 0 radical (unpaired) electrons. The highest BCUT2D eigenvalue weighted by Crippen LogP contribution is 2.58. The first-order valence-corrected chi connectivity index (χ1v) is 15.2. The highest BCUT2D eigenvalue weighted by molar-refractivity contribution is 6.34. The SMILES string of the molecule is CCOc1ccc(N2CC=C[C@]3(C)O[C@]45C=CCN(c6ccccc6Cl)C(=O)C4N([C@@H](CC)CO)C(=O)[C@@H]5[C@@H]3C2=O)cc1. The molecule has 43 heavy (non-hydrogen) atoms. The van der Waals surface area contributed by atoms with E-state index in [2.05, 4.69) is 0 Å². The van der Waals surface area contributed by atoms with E-state index in [0.29, 0.717) is 41.7 Å². The predicted octanol–water partition coefficient (Wildman–Crippen LogP) is 3.99. The summed E-state index contributed by atoms with van der Waals surface area (Å²) in [6.45, 7) is 6.27. The molecule has 0 saturated carbocycles. The molecule has 4 aliphatic heterocycles. The number of ether oxygens (including phenoxy) is 2. The Morgan fingerprint density at radius 2 is 1.65 bits per heavy atom. The number of benzene rings is 2. The summed E-state index contributed by atoms with van der Waals surface area (Å²) in [5.74, 6) is -2.23. The molecule has 10 heteroatoms. The first-order valence-electron chi connectivity index (χ1n) is 14.8. The second kappa shape index (κ2) is 11.1. The summed E-state index contributed by atoms with van der Waals surface area (Å²) < 4.78 is 12.5. The number of aliphatic hydroxyl groups is 1. The number of amides is 3. The third-order valence-electron chi connectivity index (χ3n) is 9.17. The highest BCUT2D eigenvalue weighted by Gasteiger charge is 2.75. The van der Waals surface area contributed by atoms with Gasteiger partial charge < -0.3 is 29.3 Å². The molecule has 2 fully saturated rings. The molecule has 1 N–H and O–H groups in total.